The predicted octanol–water partition coefficient (Wildman–Crippen LogP) is 13.4. The maximum Gasteiger partial charge on any atom is 0.246 e. The van der Waals surface area contributed by atoms with Gasteiger partial charge in [0.25, 0.3) is 0 Å². The van der Waals surface area contributed by atoms with Crippen LogP contribution in [0.15, 0.2) is 205 Å². The number of para-hydroxylation sites is 2. The van der Waals surface area contributed by atoms with Crippen molar-refractivity contribution in [1.82, 2.24) is 24.9 Å². The van der Waals surface area contributed by atoms with Crippen LogP contribution in [0.3, 0.4) is 0 Å². The first-order valence-electron chi connectivity index (χ1n) is 19.6. The molecule has 0 N–H and O–H groups in total. The van der Waals surface area contributed by atoms with Gasteiger partial charge in [-0.3, -0.25) is 0 Å². The number of hydrogen-bond donors (Lipinski definition) is 0. The Morgan fingerprint density at radius 3 is 1.08 bits per heavy atom. The zero-order valence-corrected chi connectivity index (χ0v) is 31.7. The number of rotatable bonds is 7. The molecule has 6 heteroatoms. The highest BCUT2D eigenvalue weighted by Crippen LogP contribution is 2.34. The summed E-state index contributed by atoms with van der Waals surface area (Å²) in [5.41, 5.74) is 15.7. The van der Waals surface area contributed by atoms with Crippen molar-refractivity contribution < 1.29 is 4.42 Å². The van der Waals surface area contributed by atoms with Crippen LogP contribution in [0.1, 0.15) is 0 Å². The fraction of sp³-hybridized carbons (Fsp3) is 0. The van der Waals surface area contributed by atoms with Crippen LogP contribution < -0.4 is 0 Å². The number of aromatic nitrogens is 5. The van der Waals surface area contributed by atoms with Gasteiger partial charge in [-0.05, 0) is 68.8 Å². The monoisotopic (exact) mass is 755 g/mol. The lowest BCUT2D eigenvalue weighted by Crippen LogP contribution is -2.00. The zero-order chi connectivity index (χ0) is 39.1. The zero-order valence-electron chi connectivity index (χ0n) is 31.7. The lowest BCUT2D eigenvalue weighted by Gasteiger charge is -2.10. The molecular formula is C53H33N5O. The average Bonchev–Trinajstić information content (AvgIpc) is 3.68. The van der Waals surface area contributed by atoms with Gasteiger partial charge in [0.05, 0.1) is 11.0 Å². The van der Waals surface area contributed by atoms with Gasteiger partial charge in [0.15, 0.2) is 17.5 Å². The summed E-state index contributed by atoms with van der Waals surface area (Å²) in [6, 6.07) is 68.8. The lowest BCUT2D eigenvalue weighted by atomic mass is 9.97. The average molecular weight is 756 g/mol. The Labute approximate surface area is 340 Å². The van der Waals surface area contributed by atoms with E-state index in [-0.39, 0.29) is 0 Å². The molecule has 0 fully saturated rings. The molecule has 0 saturated carbocycles. The highest BCUT2D eigenvalue weighted by atomic mass is 16.3. The van der Waals surface area contributed by atoms with Crippen LogP contribution in [0.2, 0.25) is 0 Å². The minimum atomic E-state index is 0.557. The van der Waals surface area contributed by atoms with E-state index in [1.807, 2.05) is 66.7 Å². The summed E-state index contributed by atoms with van der Waals surface area (Å²) in [5.74, 6) is 1.91. The van der Waals surface area contributed by atoms with Crippen molar-refractivity contribution in [2.45, 2.75) is 0 Å². The van der Waals surface area contributed by atoms with E-state index in [2.05, 4.69) is 133 Å². The Morgan fingerprint density at radius 2 is 0.610 bits per heavy atom. The van der Waals surface area contributed by atoms with E-state index in [4.69, 9.17) is 29.3 Å². The molecule has 3 heterocycles. The molecule has 0 aliphatic rings. The van der Waals surface area contributed by atoms with E-state index >= 15 is 0 Å². The second-order valence-corrected chi connectivity index (χ2v) is 14.5. The summed E-state index contributed by atoms with van der Waals surface area (Å²) < 4.78 is 6.07. The smallest absolute Gasteiger partial charge is 0.246 e. The number of hydrogen-bond acceptors (Lipinski definition) is 6. The van der Waals surface area contributed by atoms with Crippen molar-refractivity contribution in [3.8, 4) is 78.7 Å². The van der Waals surface area contributed by atoms with Gasteiger partial charge in [-0.1, -0.05) is 176 Å². The summed E-state index contributed by atoms with van der Waals surface area (Å²) in [6.07, 6.45) is 0. The Bertz CT molecular complexity index is 3270. The summed E-state index contributed by atoms with van der Waals surface area (Å²) in [5, 5.41) is 0.962. The maximum atomic E-state index is 6.07. The number of furan rings is 1. The van der Waals surface area contributed by atoms with Gasteiger partial charge < -0.3 is 4.42 Å². The Kier molecular flexibility index (Phi) is 8.37. The largest absolute Gasteiger partial charge is 0.436 e. The third-order valence-electron chi connectivity index (χ3n) is 10.8. The lowest BCUT2D eigenvalue weighted by molar-refractivity contribution is 0.655. The van der Waals surface area contributed by atoms with Gasteiger partial charge in [0, 0.05) is 22.1 Å². The topological polar surface area (TPSA) is 77.6 Å². The van der Waals surface area contributed by atoms with Crippen molar-refractivity contribution in [1.29, 1.82) is 0 Å². The number of benzene rings is 8. The quantitative estimate of drug-likeness (QED) is 0.161. The molecular weight excluding hydrogens is 723 g/mol. The first-order chi connectivity index (χ1) is 29.2. The molecule has 0 unspecified atom stereocenters. The van der Waals surface area contributed by atoms with E-state index < -0.39 is 0 Å². The second kappa shape index (κ2) is 14.4. The van der Waals surface area contributed by atoms with Crippen LogP contribution in [0.5, 0.6) is 0 Å². The van der Waals surface area contributed by atoms with Crippen molar-refractivity contribution in [3.63, 3.8) is 0 Å². The molecule has 0 aliphatic heterocycles. The first-order valence-corrected chi connectivity index (χ1v) is 19.6. The van der Waals surface area contributed by atoms with Gasteiger partial charge in [0.2, 0.25) is 5.71 Å². The van der Waals surface area contributed by atoms with E-state index in [0.717, 1.165) is 83.2 Å². The molecule has 0 amide bonds. The molecule has 8 aromatic carbocycles. The molecule has 0 spiro atoms. The number of nitrogens with zero attached hydrogens (tertiary/aromatic N) is 5. The van der Waals surface area contributed by atoms with Crippen LogP contribution in [0.4, 0.5) is 0 Å². The predicted molar refractivity (Wildman–Crippen MR) is 238 cm³/mol. The number of fused-ring (bicyclic) bond motifs is 4. The Balaban J connectivity index is 0.841. The standard InChI is InChI=1S/C53H33N5O/c1-3-9-34(10-4-1)35-23-27-42(28-24-35)51-56-50(41-11-5-2-6-12-41)57-52(58-51)43-29-25-39(26-30-43)37-17-15-36(16-18-37)38-19-21-40(22-20-38)44-31-32-48-45(33-44)49-53(59-48)55-47-14-8-7-13-46(47)54-49/h1-33H. The highest BCUT2D eigenvalue weighted by molar-refractivity contribution is 6.05. The summed E-state index contributed by atoms with van der Waals surface area (Å²) >= 11 is 0. The molecule has 0 bridgehead atoms. The van der Waals surface area contributed by atoms with E-state index in [9.17, 15) is 0 Å². The molecule has 59 heavy (non-hydrogen) atoms. The normalized spacial score (nSPS) is 11.4. The van der Waals surface area contributed by atoms with E-state index in [0.29, 0.717) is 23.2 Å². The van der Waals surface area contributed by atoms with Gasteiger partial charge >= 0.3 is 0 Å². The molecule has 0 saturated heterocycles. The van der Waals surface area contributed by atoms with Crippen LogP contribution in [0, 0.1) is 0 Å². The summed E-state index contributed by atoms with van der Waals surface area (Å²) in [7, 11) is 0. The van der Waals surface area contributed by atoms with Crippen molar-refractivity contribution >= 4 is 33.2 Å². The molecule has 0 radical (unpaired) electrons. The van der Waals surface area contributed by atoms with Gasteiger partial charge in [0.1, 0.15) is 11.1 Å². The summed E-state index contributed by atoms with van der Waals surface area (Å²) in [6.45, 7) is 0. The SMILES string of the molecule is c1ccc(-c2ccc(-c3nc(-c4ccccc4)nc(-c4ccc(-c5ccc(-c6ccc(-c7ccc8oc9nc%10ccccc%10nc9c8c7)cc6)cc5)cc4)n3)cc2)cc1. The molecule has 276 valence electrons. The molecule has 6 nitrogen and oxygen atoms in total. The van der Waals surface area contributed by atoms with Crippen molar-refractivity contribution in [2.75, 3.05) is 0 Å². The summed E-state index contributed by atoms with van der Waals surface area (Å²) in [4.78, 5) is 24.4. The van der Waals surface area contributed by atoms with Crippen LogP contribution in [0.25, 0.3) is 112 Å². The third-order valence-corrected chi connectivity index (χ3v) is 10.8. The molecule has 11 rings (SSSR count). The Morgan fingerprint density at radius 1 is 0.271 bits per heavy atom. The minimum absolute atomic E-state index is 0.557. The van der Waals surface area contributed by atoms with Crippen molar-refractivity contribution in [2.24, 2.45) is 0 Å². The van der Waals surface area contributed by atoms with Crippen LogP contribution in [-0.2, 0) is 0 Å². The third kappa shape index (κ3) is 6.58. The van der Waals surface area contributed by atoms with E-state index in [1.165, 1.54) is 5.56 Å². The minimum Gasteiger partial charge on any atom is -0.436 e. The van der Waals surface area contributed by atoms with Gasteiger partial charge in [-0.2, -0.15) is 0 Å². The van der Waals surface area contributed by atoms with Gasteiger partial charge in [-0.15, -0.1) is 0 Å². The highest BCUT2D eigenvalue weighted by Gasteiger charge is 2.15. The second-order valence-electron chi connectivity index (χ2n) is 14.5. The van der Waals surface area contributed by atoms with Crippen molar-refractivity contribution in [3.05, 3.63) is 200 Å². The maximum absolute atomic E-state index is 6.07. The first kappa shape index (κ1) is 34.2. The molecule has 3 aromatic heterocycles. The van der Waals surface area contributed by atoms with Crippen LogP contribution in [-0.4, -0.2) is 24.9 Å². The van der Waals surface area contributed by atoms with Gasteiger partial charge in [-0.25, -0.2) is 24.9 Å². The molecule has 0 atom stereocenters. The van der Waals surface area contributed by atoms with E-state index in [1.54, 1.807) is 0 Å². The van der Waals surface area contributed by atoms with Crippen LogP contribution >= 0.6 is 0 Å². The molecule has 11 aromatic rings. The molecule has 0 aliphatic carbocycles. The fourth-order valence-electron chi connectivity index (χ4n) is 7.63. The Hall–Kier alpha value is -8.09. The fourth-order valence-corrected chi connectivity index (χ4v) is 7.63.